The third-order valence-corrected chi connectivity index (χ3v) is 3.16. The fourth-order valence-electron chi connectivity index (χ4n) is 1.63. The molecule has 0 fully saturated rings. The van der Waals surface area contributed by atoms with Crippen LogP contribution in [0.3, 0.4) is 0 Å². The summed E-state index contributed by atoms with van der Waals surface area (Å²) in [5.41, 5.74) is 2.66. The van der Waals surface area contributed by atoms with Gasteiger partial charge < -0.3 is 10.6 Å². The summed E-state index contributed by atoms with van der Waals surface area (Å²) >= 11 is 1.50. The molecule has 0 bridgehead atoms. The Morgan fingerprint density at radius 3 is 2.45 bits per heavy atom. The van der Waals surface area contributed by atoms with E-state index in [0.717, 1.165) is 27.9 Å². The molecule has 2 aromatic rings. The van der Waals surface area contributed by atoms with Gasteiger partial charge in [0.25, 0.3) is 0 Å². The van der Waals surface area contributed by atoms with E-state index in [2.05, 4.69) is 20.6 Å². The summed E-state index contributed by atoms with van der Waals surface area (Å²) in [6.07, 6.45) is 3.74. The van der Waals surface area contributed by atoms with E-state index >= 15 is 0 Å². The molecule has 0 aliphatic heterocycles. The molecule has 6 heteroatoms. The van der Waals surface area contributed by atoms with Crippen molar-refractivity contribution < 1.29 is 4.79 Å². The van der Waals surface area contributed by atoms with Crippen LogP contribution in [0, 0.1) is 6.92 Å². The highest BCUT2D eigenvalue weighted by Crippen LogP contribution is 2.21. The molecule has 1 heterocycles. The van der Waals surface area contributed by atoms with Crippen molar-refractivity contribution >= 4 is 34.9 Å². The number of benzene rings is 1. The summed E-state index contributed by atoms with van der Waals surface area (Å²) in [6, 6.07) is 7.47. The second kappa shape index (κ2) is 6.38. The lowest BCUT2D eigenvalue weighted by molar-refractivity contribution is -0.114. The van der Waals surface area contributed by atoms with Crippen LogP contribution in [0.25, 0.3) is 0 Å². The lowest BCUT2D eigenvalue weighted by atomic mass is 10.2. The van der Waals surface area contributed by atoms with Gasteiger partial charge in [-0.05, 0) is 37.4 Å². The lowest BCUT2D eigenvalue weighted by Gasteiger charge is -2.10. The molecule has 1 aromatic carbocycles. The van der Waals surface area contributed by atoms with Crippen LogP contribution in [0.15, 0.2) is 35.6 Å². The standard InChI is InChI=1S/C14H16N4OS/c1-9-8-15-14(20-3)18-13(9)17-12-6-4-11(5-7-12)16-10(2)19/h4-8H,1-3H3,(H,16,19)(H,15,17,18). The zero-order chi connectivity index (χ0) is 14.5. The van der Waals surface area contributed by atoms with Crippen LogP contribution in [-0.2, 0) is 4.79 Å². The molecule has 0 saturated carbocycles. The van der Waals surface area contributed by atoms with E-state index in [-0.39, 0.29) is 5.91 Å². The molecule has 20 heavy (non-hydrogen) atoms. The molecule has 0 radical (unpaired) electrons. The number of carbonyl (C=O) groups excluding carboxylic acids is 1. The number of aryl methyl sites for hydroxylation is 1. The van der Waals surface area contributed by atoms with Crippen LogP contribution < -0.4 is 10.6 Å². The molecule has 0 aliphatic rings. The van der Waals surface area contributed by atoms with Gasteiger partial charge in [-0.15, -0.1) is 0 Å². The van der Waals surface area contributed by atoms with E-state index in [0.29, 0.717) is 0 Å². The fraction of sp³-hybridized carbons (Fsp3) is 0.214. The predicted molar refractivity (Wildman–Crippen MR) is 82.6 cm³/mol. The normalized spacial score (nSPS) is 10.2. The number of hydrogen-bond acceptors (Lipinski definition) is 5. The van der Waals surface area contributed by atoms with Crippen LogP contribution in [0.2, 0.25) is 0 Å². The van der Waals surface area contributed by atoms with E-state index in [9.17, 15) is 4.79 Å². The predicted octanol–water partition coefficient (Wildman–Crippen LogP) is 3.21. The smallest absolute Gasteiger partial charge is 0.221 e. The van der Waals surface area contributed by atoms with Crippen LogP contribution in [0.1, 0.15) is 12.5 Å². The molecule has 0 unspecified atom stereocenters. The molecule has 2 rings (SSSR count). The average Bonchev–Trinajstić information content (AvgIpc) is 2.43. The number of rotatable bonds is 4. The monoisotopic (exact) mass is 288 g/mol. The molecule has 1 amide bonds. The molecule has 104 valence electrons. The number of anilines is 3. The molecule has 2 N–H and O–H groups in total. The van der Waals surface area contributed by atoms with Gasteiger partial charge in [0.2, 0.25) is 5.91 Å². The largest absolute Gasteiger partial charge is 0.340 e. The van der Waals surface area contributed by atoms with Crippen LogP contribution in [0.4, 0.5) is 17.2 Å². The summed E-state index contributed by atoms with van der Waals surface area (Å²) in [6.45, 7) is 3.44. The van der Waals surface area contributed by atoms with Crippen molar-refractivity contribution in [3.05, 3.63) is 36.0 Å². The Balaban J connectivity index is 2.15. The topological polar surface area (TPSA) is 66.9 Å². The number of aromatic nitrogens is 2. The number of nitrogens with zero attached hydrogens (tertiary/aromatic N) is 2. The van der Waals surface area contributed by atoms with Crippen molar-refractivity contribution in [1.29, 1.82) is 0 Å². The molecule has 1 aromatic heterocycles. The van der Waals surface area contributed by atoms with Gasteiger partial charge in [-0.1, -0.05) is 11.8 Å². The quantitative estimate of drug-likeness (QED) is 0.668. The Kier molecular flexibility index (Phi) is 4.57. The van der Waals surface area contributed by atoms with Crippen LogP contribution in [-0.4, -0.2) is 22.1 Å². The van der Waals surface area contributed by atoms with Crippen LogP contribution in [0.5, 0.6) is 0 Å². The van der Waals surface area contributed by atoms with Gasteiger partial charge in [-0.2, -0.15) is 0 Å². The Labute approximate surface area is 122 Å². The molecule has 0 spiro atoms. The van der Waals surface area contributed by atoms with Gasteiger partial charge >= 0.3 is 0 Å². The van der Waals surface area contributed by atoms with Gasteiger partial charge in [-0.3, -0.25) is 4.79 Å². The number of carbonyl (C=O) groups is 1. The highest BCUT2D eigenvalue weighted by atomic mass is 32.2. The third kappa shape index (κ3) is 3.71. The molecule has 0 saturated heterocycles. The first-order valence-electron chi connectivity index (χ1n) is 6.11. The summed E-state index contributed by atoms with van der Waals surface area (Å²) in [5, 5.41) is 6.71. The van der Waals surface area contributed by atoms with Crippen molar-refractivity contribution in [2.75, 3.05) is 16.9 Å². The Morgan fingerprint density at radius 2 is 1.85 bits per heavy atom. The highest BCUT2D eigenvalue weighted by molar-refractivity contribution is 7.98. The summed E-state index contributed by atoms with van der Waals surface area (Å²) in [7, 11) is 0. The number of thioether (sulfide) groups is 1. The van der Waals surface area contributed by atoms with Gasteiger partial charge in [0, 0.05) is 30.1 Å². The van der Waals surface area contributed by atoms with Gasteiger partial charge in [0.1, 0.15) is 5.82 Å². The summed E-state index contributed by atoms with van der Waals surface area (Å²) in [4.78, 5) is 19.6. The van der Waals surface area contributed by atoms with Gasteiger partial charge in [-0.25, -0.2) is 9.97 Å². The minimum Gasteiger partial charge on any atom is -0.340 e. The first kappa shape index (κ1) is 14.3. The van der Waals surface area contributed by atoms with Crippen molar-refractivity contribution in [2.24, 2.45) is 0 Å². The van der Waals surface area contributed by atoms with E-state index in [1.807, 2.05) is 37.4 Å². The maximum absolute atomic E-state index is 11.0. The Morgan fingerprint density at radius 1 is 1.20 bits per heavy atom. The fourth-order valence-corrected chi connectivity index (χ4v) is 1.97. The second-order valence-electron chi connectivity index (χ2n) is 4.27. The Bertz CT molecular complexity index is 613. The average molecular weight is 288 g/mol. The summed E-state index contributed by atoms with van der Waals surface area (Å²) in [5.74, 6) is 0.707. The molecule has 0 atom stereocenters. The number of hydrogen-bond donors (Lipinski definition) is 2. The summed E-state index contributed by atoms with van der Waals surface area (Å²) < 4.78 is 0. The Hall–Kier alpha value is -2.08. The second-order valence-corrected chi connectivity index (χ2v) is 5.05. The number of amides is 1. The van der Waals surface area contributed by atoms with E-state index in [1.54, 1.807) is 6.20 Å². The molecular weight excluding hydrogens is 272 g/mol. The SMILES string of the molecule is CSc1ncc(C)c(Nc2ccc(NC(C)=O)cc2)n1. The maximum atomic E-state index is 11.0. The van der Waals surface area contributed by atoms with Crippen molar-refractivity contribution in [3.8, 4) is 0 Å². The third-order valence-electron chi connectivity index (χ3n) is 2.60. The minimum atomic E-state index is -0.0815. The van der Waals surface area contributed by atoms with E-state index < -0.39 is 0 Å². The van der Waals surface area contributed by atoms with E-state index in [4.69, 9.17) is 0 Å². The van der Waals surface area contributed by atoms with Gasteiger partial charge in [0.05, 0.1) is 0 Å². The van der Waals surface area contributed by atoms with Crippen molar-refractivity contribution in [3.63, 3.8) is 0 Å². The van der Waals surface area contributed by atoms with Gasteiger partial charge in [0.15, 0.2) is 5.16 Å². The zero-order valence-electron chi connectivity index (χ0n) is 11.6. The first-order chi connectivity index (χ1) is 9.58. The van der Waals surface area contributed by atoms with Crippen molar-refractivity contribution in [2.45, 2.75) is 19.0 Å². The van der Waals surface area contributed by atoms with E-state index in [1.165, 1.54) is 18.7 Å². The first-order valence-corrected chi connectivity index (χ1v) is 7.33. The zero-order valence-corrected chi connectivity index (χ0v) is 12.4. The molecular formula is C14H16N4OS. The maximum Gasteiger partial charge on any atom is 0.221 e. The molecule has 0 aliphatic carbocycles. The van der Waals surface area contributed by atoms with Crippen molar-refractivity contribution in [1.82, 2.24) is 9.97 Å². The minimum absolute atomic E-state index is 0.0815. The van der Waals surface area contributed by atoms with Crippen LogP contribution >= 0.6 is 11.8 Å². The lowest BCUT2D eigenvalue weighted by Crippen LogP contribution is -2.05. The highest BCUT2D eigenvalue weighted by Gasteiger charge is 2.04. The number of nitrogens with one attached hydrogen (secondary N) is 2. The molecule has 5 nitrogen and oxygen atoms in total.